The van der Waals surface area contributed by atoms with E-state index in [1.807, 2.05) is 13.8 Å². The largest absolute Gasteiger partial charge is 0.420 e. The van der Waals surface area contributed by atoms with Crippen molar-refractivity contribution in [1.29, 1.82) is 0 Å². The number of benzene rings is 1. The molecule has 3 rings (SSSR count). The maximum absolute atomic E-state index is 13.7. The molecule has 0 saturated carbocycles. The molecule has 1 aromatic carbocycles. The second kappa shape index (κ2) is 6.48. The molecule has 5 nitrogen and oxygen atoms in total. The first-order valence-corrected chi connectivity index (χ1v) is 7.99. The number of nitrogens with zero attached hydrogens (tertiary/aromatic N) is 2. The smallest absolute Gasteiger partial charge is 0.258 e. The molecule has 1 amide bonds. The summed E-state index contributed by atoms with van der Waals surface area (Å²) in [4.78, 5) is 13.7. The molecular formula is C16H13F2N3O2S. The minimum atomic E-state index is -0.912. The van der Waals surface area contributed by atoms with Gasteiger partial charge in [-0.2, -0.15) is 0 Å². The van der Waals surface area contributed by atoms with Crippen molar-refractivity contribution in [2.75, 3.05) is 5.32 Å². The Kier molecular flexibility index (Phi) is 4.39. The zero-order valence-corrected chi connectivity index (χ0v) is 13.7. The predicted octanol–water partition coefficient (Wildman–Crippen LogP) is 4.20. The third-order valence-electron chi connectivity index (χ3n) is 3.32. The van der Waals surface area contributed by atoms with Gasteiger partial charge in [0.25, 0.3) is 11.8 Å². The summed E-state index contributed by atoms with van der Waals surface area (Å²) in [5.41, 5.74) is 0.287. The fraction of sp³-hybridized carbons (Fsp3) is 0.188. The van der Waals surface area contributed by atoms with E-state index in [4.69, 9.17) is 4.42 Å². The summed E-state index contributed by atoms with van der Waals surface area (Å²) in [5.74, 6) is -1.41. The maximum atomic E-state index is 13.7. The number of carbonyl (C=O) groups excluding carboxylic acids is 1. The van der Waals surface area contributed by atoms with Crippen molar-refractivity contribution < 1.29 is 18.0 Å². The van der Waals surface area contributed by atoms with Crippen LogP contribution in [0.2, 0.25) is 0 Å². The molecule has 8 heteroatoms. The molecular weight excluding hydrogens is 336 g/mol. The normalized spacial score (nSPS) is 10.8. The van der Waals surface area contributed by atoms with Gasteiger partial charge in [-0.3, -0.25) is 4.79 Å². The van der Waals surface area contributed by atoms with E-state index < -0.39 is 17.5 Å². The van der Waals surface area contributed by atoms with Crippen LogP contribution in [0.4, 0.5) is 14.5 Å². The fourth-order valence-electron chi connectivity index (χ4n) is 2.07. The average molecular weight is 349 g/mol. The van der Waals surface area contributed by atoms with Crippen LogP contribution in [0, 0.1) is 18.6 Å². The second-order valence-corrected chi connectivity index (χ2v) is 6.27. The molecule has 0 saturated heterocycles. The Hall–Kier alpha value is -2.61. The number of rotatable bonds is 4. The topological polar surface area (TPSA) is 68.0 Å². The molecule has 2 aromatic heterocycles. The van der Waals surface area contributed by atoms with Crippen molar-refractivity contribution in [2.24, 2.45) is 0 Å². The first kappa shape index (κ1) is 16.3. The third-order valence-corrected chi connectivity index (χ3v) is 4.36. The molecule has 0 spiro atoms. The van der Waals surface area contributed by atoms with Crippen LogP contribution in [0.3, 0.4) is 0 Å². The number of aryl methyl sites for hydroxylation is 2. The first-order chi connectivity index (χ1) is 11.5. The molecule has 24 heavy (non-hydrogen) atoms. The van der Waals surface area contributed by atoms with Gasteiger partial charge < -0.3 is 9.73 Å². The molecule has 0 radical (unpaired) electrons. The number of hydrogen-bond donors (Lipinski definition) is 1. The Bertz CT molecular complexity index is 905. The van der Waals surface area contributed by atoms with Crippen LogP contribution < -0.4 is 5.32 Å². The van der Waals surface area contributed by atoms with Crippen LogP contribution in [-0.4, -0.2) is 16.1 Å². The Morgan fingerprint density at radius 3 is 2.75 bits per heavy atom. The number of anilines is 1. The molecule has 0 aliphatic rings. The zero-order valence-electron chi connectivity index (χ0n) is 12.9. The van der Waals surface area contributed by atoms with Crippen LogP contribution >= 0.6 is 11.3 Å². The van der Waals surface area contributed by atoms with Crippen molar-refractivity contribution in [2.45, 2.75) is 20.3 Å². The molecule has 0 fully saturated rings. The lowest BCUT2D eigenvalue weighted by Crippen LogP contribution is -2.14. The molecule has 0 unspecified atom stereocenters. The Labute approximate surface area is 140 Å². The second-order valence-electron chi connectivity index (χ2n) is 5.01. The number of nitrogens with one attached hydrogen (secondary N) is 1. The summed E-state index contributed by atoms with van der Waals surface area (Å²) in [7, 11) is 0. The number of thiophene rings is 1. The lowest BCUT2D eigenvalue weighted by molar-refractivity contribution is 0.102. The van der Waals surface area contributed by atoms with Gasteiger partial charge in [0.05, 0.1) is 16.1 Å². The summed E-state index contributed by atoms with van der Waals surface area (Å²) in [6.07, 6.45) is 0.630. The monoisotopic (exact) mass is 349 g/mol. The van der Waals surface area contributed by atoms with Gasteiger partial charge in [-0.05, 0) is 25.1 Å². The number of amides is 1. The summed E-state index contributed by atoms with van der Waals surface area (Å²) in [6.45, 7) is 3.71. The van der Waals surface area contributed by atoms with E-state index >= 15 is 0 Å². The molecule has 0 bridgehead atoms. The van der Waals surface area contributed by atoms with Crippen molar-refractivity contribution in [3.8, 4) is 10.8 Å². The number of carbonyl (C=O) groups is 1. The van der Waals surface area contributed by atoms with E-state index in [0.29, 0.717) is 34.8 Å². The lowest BCUT2D eigenvalue weighted by atomic mass is 10.2. The van der Waals surface area contributed by atoms with Gasteiger partial charge in [-0.25, -0.2) is 8.78 Å². The Morgan fingerprint density at radius 1 is 1.29 bits per heavy atom. The van der Waals surface area contributed by atoms with Gasteiger partial charge in [-0.15, -0.1) is 21.5 Å². The quantitative estimate of drug-likeness (QED) is 0.766. The summed E-state index contributed by atoms with van der Waals surface area (Å²) >= 11 is 1.37. The minimum Gasteiger partial charge on any atom is -0.420 e. The third kappa shape index (κ3) is 3.18. The van der Waals surface area contributed by atoms with Crippen LogP contribution in [0.15, 0.2) is 28.7 Å². The predicted molar refractivity (Wildman–Crippen MR) is 86.0 cm³/mol. The van der Waals surface area contributed by atoms with E-state index in [9.17, 15) is 13.6 Å². The minimum absolute atomic E-state index is 0.227. The van der Waals surface area contributed by atoms with Gasteiger partial charge in [0.15, 0.2) is 0 Å². The Balaban J connectivity index is 1.84. The van der Waals surface area contributed by atoms with E-state index in [2.05, 4.69) is 15.5 Å². The van der Waals surface area contributed by atoms with Crippen LogP contribution in [-0.2, 0) is 6.42 Å². The number of aromatic nitrogens is 2. The van der Waals surface area contributed by atoms with Crippen molar-refractivity contribution in [1.82, 2.24) is 10.2 Å². The van der Waals surface area contributed by atoms with Crippen molar-refractivity contribution in [3.63, 3.8) is 0 Å². The molecule has 0 aliphatic carbocycles. The van der Waals surface area contributed by atoms with E-state index in [0.717, 1.165) is 17.0 Å². The lowest BCUT2D eigenvalue weighted by Gasteiger charge is -2.05. The highest BCUT2D eigenvalue weighted by Crippen LogP contribution is 2.33. The van der Waals surface area contributed by atoms with Crippen LogP contribution in [0.1, 0.15) is 28.0 Å². The highest BCUT2D eigenvalue weighted by Gasteiger charge is 2.17. The molecule has 0 aliphatic heterocycles. The van der Waals surface area contributed by atoms with E-state index in [-0.39, 0.29) is 5.56 Å². The summed E-state index contributed by atoms with van der Waals surface area (Å²) in [6, 6.07) is 4.50. The van der Waals surface area contributed by atoms with Crippen LogP contribution in [0.25, 0.3) is 10.8 Å². The van der Waals surface area contributed by atoms with Crippen LogP contribution in [0.5, 0.6) is 0 Å². The molecule has 3 aromatic rings. The van der Waals surface area contributed by atoms with E-state index in [1.165, 1.54) is 11.3 Å². The molecule has 124 valence electrons. The zero-order chi connectivity index (χ0) is 17.3. The van der Waals surface area contributed by atoms with Crippen molar-refractivity contribution >= 4 is 22.9 Å². The van der Waals surface area contributed by atoms with Gasteiger partial charge in [0.1, 0.15) is 11.6 Å². The fourth-order valence-corrected chi connectivity index (χ4v) is 2.97. The molecule has 0 atom stereocenters. The number of halogens is 2. The summed E-state index contributed by atoms with van der Waals surface area (Å²) < 4.78 is 32.1. The SMILES string of the molecule is CCc1nnc(-c2cc(NC(=O)c3ccc(F)cc3F)c(C)s2)o1. The maximum Gasteiger partial charge on any atom is 0.258 e. The Morgan fingerprint density at radius 2 is 2.08 bits per heavy atom. The van der Waals surface area contributed by atoms with Gasteiger partial charge in [0, 0.05) is 17.4 Å². The summed E-state index contributed by atoms with van der Waals surface area (Å²) in [5, 5.41) is 10.5. The van der Waals surface area contributed by atoms with Gasteiger partial charge >= 0.3 is 0 Å². The molecule has 2 heterocycles. The highest BCUT2D eigenvalue weighted by molar-refractivity contribution is 7.15. The number of hydrogen-bond acceptors (Lipinski definition) is 5. The highest BCUT2D eigenvalue weighted by atomic mass is 32.1. The van der Waals surface area contributed by atoms with Gasteiger partial charge in [0.2, 0.25) is 5.89 Å². The van der Waals surface area contributed by atoms with Gasteiger partial charge in [-0.1, -0.05) is 6.92 Å². The van der Waals surface area contributed by atoms with E-state index in [1.54, 1.807) is 6.07 Å². The average Bonchev–Trinajstić information content (AvgIpc) is 3.14. The first-order valence-electron chi connectivity index (χ1n) is 7.17. The standard InChI is InChI=1S/C16H13F2N3O2S/c1-3-14-20-21-16(23-14)13-7-12(8(2)24-13)19-15(22)10-5-4-9(17)6-11(10)18/h4-7H,3H2,1-2H3,(H,19,22). The molecule has 1 N–H and O–H groups in total. The van der Waals surface area contributed by atoms with Crippen molar-refractivity contribution in [3.05, 3.63) is 52.2 Å².